The number of nitrogens with zero attached hydrogens (tertiary/aromatic N) is 2. The fourth-order valence-electron chi connectivity index (χ4n) is 1.72. The van der Waals surface area contributed by atoms with E-state index < -0.39 is 0 Å². The van der Waals surface area contributed by atoms with E-state index >= 15 is 0 Å². The summed E-state index contributed by atoms with van der Waals surface area (Å²) in [4.78, 5) is 16.2. The lowest BCUT2D eigenvalue weighted by atomic mass is 9.95. The highest BCUT2D eigenvalue weighted by Gasteiger charge is 2.19. The van der Waals surface area contributed by atoms with Gasteiger partial charge in [-0.1, -0.05) is 32.0 Å². The highest BCUT2D eigenvalue weighted by atomic mass is 16.3. The van der Waals surface area contributed by atoms with Crippen molar-refractivity contribution >= 4 is 5.91 Å². The molecule has 5 nitrogen and oxygen atoms in total. The third-order valence-corrected chi connectivity index (χ3v) is 3.06. The average molecular weight is 273 g/mol. The van der Waals surface area contributed by atoms with Crippen LogP contribution >= 0.6 is 0 Å². The van der Waals surface area contributed by atoms with Crippen molar-refractivity contribution in [2.45, 2.75) is 13.8 Å². The van der Waals surface area contributed by atoms with Gasteiger partial charge in [0.25, 0.3) is 5.91 Å². The molecule has 0 atom stereocenters. The maximum Gasteiger partial charge on any atom is 0.269 e. The number of hydrogen-bond acceptors (Lipinski definition) is 3. The molecule has 0 saturated heterocycles. The number of aliphatic hydroxyl groups is 1. The van der Waals surface area contributed by atoms with E-state index in [1.54, 1.807) is 10.9 Å². The number of aliphatic hydroxyl groups excluding tert-OH is 1. The number of aromatic nitrogens is 2. The first kappa shape index (κ1) is 14.3. The minimum atomic E-state index is -0.340. The summed E-state index contributed by atoms with van der Waals surface area (Å²) in [5.74, 6) is -0.201. The number of benzene rings is 1. The molecule has 2 aromatic rings. The van der Waals surface area contributed by atoms with Gasteiger partial charge in [-0.15, -0.1) is 0 Å². The highest BCUT2D eigenvalue weighted by Crippen LogP contribution is 2.13. The fraction of sp³-hybridized carbons (Fsp3) is 0.333. The number of para-hydroxylation sites is 1. The number of amides is 1. The summed E-state index contributed by atoms with van der Waals surface area (Å²) in [6.45, 7) is 4.21. The van der Waals surface area contributed by atoms with Crippen molar-refractivity contribution in [2.75, 3.05) is 13.2 Å². The Morgan fingerprint density at radius 3 is 2.70 bits per heavy atom. The van der Waals surface area contributed by atoms with Crippen molar-refractivity contribution in [1.29, 1.82) is 0 Å². The molecule has 0 aliphatic heterocycles. The normalized spacial score (nSPS) is 11.3. The number of imidazole rings is 1. The van der Waals surface area contributed by atoms with Gasteiger partial charge in [0.2, 0.25) is 0 Å². The molecule has 5 heteroatoms. The van der Waals surface area contributed by atoms with Crippen molar-refractivity contribution < 1.29 is 9.90 Å². The average Bonchev–Trinajstić information content (AvgIpc) is 2.95. The Labute approximate surface area is 118 Å². The summed E-state index contributed by atoms with van der Waals surface area (Å²) in [6.07, 6.45) is 3.15. The van der Waals surface area contributed by atoms with Crippen molar-refractivity contribution in [3.63, 3.8) is 0 Å². The van der Waals surface area contributed by atoms with E-state index in [0.717, 1.165) is 5.69 Å². The second kappa shape index (κ2) is 5.88. The van der Waals surface area contributed by atoms with Crippen LogP contribution in [0, 0.1) is 5.41 Å². The molecule has 0 saturated carbocycles. The molecule has 0 fully saturated rings. The third-order valence-electron chi connectivity index (χ3n) is 3.06. The zero-order valence-corrected chi connectivity index (χ0v) is 11.7. The lowest BCUT2D eigenvalue weighted by Gasteiger charge is -2.21. The first-order chi connectivity index (χ1) is 9.53. The number of rotatable bonds is 5. The molecule has 0 unspecified atom stereocenters. The van der Waals surface area contributed by atoms with Gasteiger partial charge >= 0.3 is 0 Å². The second-order valence-electron chi connectivity index (χ2n) is 5.49. The predicted octanol–water partition coefficient (Wildman–Crippen LogP) is 1.62. The van der Waals surface area contributed by atoms with Crippen molar-refractivity contribution in [2.24, 2.45) is 5.41 Å². The van der Waals surface area contributed by atoms with Gasteiger partial charge < -0.3 is 10.4 Å². The fourth-order valence-corrected chi connectivity index (χ4v) is 1.72. The van der Waals surface area contributed by atoms with Gasteiger partial charge in [-0.05, 0) is 12.1 Å². The molecule has 1 heterocycles. The molecular weight excluding hydrogens is 254 g/mol. The Kier molecular flexibility index (Phi) is 4.20. The van der Waals surface area contributed by atoms with Gasteiger partial charge in [0.15, 0.2) is 0 Å². The van der Waals surface area contributed by atoms with Gasteiger partial charge in [-0.25, -0.2) is 4.98 Å². The lowest BCUT2D eigenvalue weighted by Crippen LogP contribution is -2.36. The van der Waals surface area contributed by atoms with Crippen LogP contribution in [0.4, 0.5) is 0 Å². The van der Waals surface area contributed by atoms with E-state index in [0.29, 0.717) is 12.2 Å². The first-order valence-electron chi connectivity index (χ1n) is 6.50. The second-order valence-corrected chi connectivity index (χ2v) is 5.49. The van der Waals surface area contributed by atoms with Crippen molar-refractivity contribution in [3.05, 3.63) is 48.5 Å². The molecule has 1 aromatic carbocycles. The minimum absolute atomic E-state index is 0.0191. The van der Waals surface area contributed by atoms with E-state index in [2.05, 4.69) is 10.3 Å². The van der Waals surface area contributed by atoms with Crippen molar-refractivity contribution in [3.8, 4) is 5.69 Å². The summed E-state index contributed by atoms with van der Waals surface area (Å²) >= 11 is 0. The van der Waals surface area contributed by atoms with E-state index in [9.17, 15) is 9.90 Å². The van der Waals surface area contributed by atoms with Gasteiger partial charge in [0.05, 0.1) is 12.5 Å². The molecule has 0 spiro atoms. The summed E-state index contributed by atoms with van der Waals surface area (Å²) in [6, 6.07) is 9.56. The zero-order chi connectivity index (χ0) is 14.6. The van der Waals surface area contributed by atoms with E-state index in [-0.39, 0.29) is 17.9 Å². The molecule has 0 bridgehead atoms. The van der Waals surface area contributed by atoms with Gasteiger partial charge in [0, 0.05) is 24.3 Å². The topological polar surface area (TPSA) is 67.2 Å². The van der Waals surface area contributed by atoms with Crippen LogP contribution in [-0.4, -0.2) is 33.7 Å². The molecular formula is C15H19N3O2. The zero-order valence-electron chi connectivity index (χ0n) is 11.7. The monoisotopic (exact) mass is 273 g/mol. The lowest BCUT2D eigenvalue weighted by molar-refractivity contribution is 0.0904. The summed E-state index contributed by atoms with van der Waals surface area (Å²) in [5, 5.41) is 12.0. The molecule has 0 radical (unpaired) electrons. The van der Waals surface area contributed by atoms with E-state index in [1.807, 2.05) is 44.2 Å². The SMILES string of the molecule is CC(C)(CO)CNC(=O)c1cncn1-c1ccccc1. The Morgan fingerprint density at radius 2 is 2.05 bits per heavy atom. The highest BCUT2D eigenvalue weighted by molar-refractivity contribution is 5.93. The Bertz CT molecular complexity index is 576. The first-order valence-corrected chi connectivity index (χ1v) is 6.50. The maximum absolute atomic E-state index is 12.2. The Balaban J connectivity index is 2.14. The summed E-state index contributed by atoms with van der Waals surface area (Å²) in [5.41, 5.74) is 1.02. The molecule has 106 valence electrons. The van der Waals surface area contributed by atoms with Crippen LogP contribution in [0.2, 0.25) is 0 Å². The smallest absolute Gasteiger partial charge is 0.269 e. The van der Waals surface area contributed by atoms with Gasteiger partial charge in [-0.3, -0.25) is 9.36 Å². The number of carbonyl (C=O) groups is 1. The van der Waals surface area contributed by atoms with Crippen LogP contribution < -0.4 is 5.32 Å². The third kappa shape index (κ3) is 3.24. The van der Waals surface area contributed by atoms with E-state index in [1.165, 1.54) is 6.20 Å². The maximum atomic E-state index is 12.2. The van der Waals surface area contributed by atoms with Crippen LogP contribution in [-0.2, 0) is 0 Å². The number of carbonyl (C=O) groups excluding carboxylic acids is 1. The molecule has 2 N–H and O–H groups in total. The van der Waals surface area contributed by atoms with Crippen LogP contribution in [0.5, 0.6) is 0 Å². The molecule has 20 heavy (non-hydrogen) atoms. The summed E-state index contributed by atoms with van der Waals surface area (Å²) < 4.78 is 1.74. The van der Waals surface area contributed by atoms with Gasteiger partial charge in [-0.2, -0.15) is 0 Å². The molecule has 0 aliphatic carbocycles. The summed E-state index contributed by atoms with van der Waals surface area (Å²) in [7, 11) is 0. The molecule has 2 rings (SSSR count). The van der Waals surface area contributed by atoms with Crippen LogP contribution in [0.15, 0.2) is 42.9 Å². The Hall–Kier alpha value is -2.14. The predicted molar refractivity (Wildman–Crippen MR) is 76.8 cm³/mol. The largest absolute Gasteiger partial charge is 0.396 e. The van der Waals surface area contributed by atoms with Crippen molar-refractivity contribution in [1.82, 2.24) is 14.9 Å². The molecule has 1 aromatic heterocycles. The minimum Gasteiger partial charge on any atom is -0.396 e. The molecule has 0 aliphatic rings. The Morgan fingerprint density at radius 1 is 1.35 bits per heavy atom. The quantitative estimate of drug-likeness (QED) is 0.870. The number of nitrogens with one attached hydrogen (secondary N) is 1. The van der Waals surface area contributed by atoms with E-state index in [4.69, 9.17) is 0 Å². The van der Waals surface area contributed by atoms with Crippen LogP contribution in [0.3, 0.4) is 0 Å². The molecule has 1 amide bonds. The number of hydrogen-bond donors (Lipinski definition) is 2. The standard InChI is InChI=1S/C15H19N3O2/c1-15(2,10-19)9-17-14(20)13-8-16-11-18(13)12-6-4-3-5-7-12/h3-8,11,19H,9-10H2,1-2H3,(H,17,20). The van der Waals surface area contributed by atoms with Crippen LogP contribution in [0.1, 0.15) is 24.3 Å². The van der Waals surface area contributed by atoms with Crippen LogP contribution in [0.25, 0.3) is 5.69 Å². The van der Waals surface area contributed by atoms with Gasteiger partial charge in [0.1, 0.15) is 5.69 Å².